The van der Waals surface area contributed by atoms with Crippen LogP contribution in [0.4, 0.5) is 0 Å². The second-order valence-electron chi connectivity index (χ2n) is 4.42. The molecule has 5 heteroatoms. The molecule has 1 heterocycles. The SMILES string of the molecule is CCC1(C(=O)N[C@H](C)C(=O)O)CCNCC1. The standard InChI is InChI=1S/C11H20N2O3/c1-3-11(4-6-12-7-5-11)10(16)13-8(2)9(14)15/h8,12H,3-7H2,1-2H3,(H,13,16)(H,14,15)/t8-/m1/s1. The number of piperidine rings is 1. The molecule has 0 bridgehead atoms. The summed E-state index contributed by atoms with van der Waals surface area (Å²) in [7, 11) is 0. The molecular weight excluding hydrogens is 208 g/mol. The van der Waals surface area contributed by atoms with Crippen molar-refractivity contribution in [1.29, 1.82) is 0 Å². The molecule has 0 saturated carbocycles. The van der Waals surface area contributed by atoms with Crippen molar-refractivity contribution >= 4 is 11.9 Å². The summed E-state index contributed by atoms with van der Waals surface area (Å²) in [6, 6.07) is -0.814. The van der Waals surface area contributed by atoms with Crippen LogP contribution in [0.2, 0.25) is 0 Å². The number of carbonyl (C=O) groups is 2. The molecule has 0 aromatic heterocycles. The van der Waals surface area contributed by atoms with E-state index >= 15 is 0 Å². The Morgan fingerprint density at radius 3 is 2.44 bits per heavy atom. The zero-order chi connectivity index (χ0) is 12.2. The van der Waals surface area contributed by atoms with Crippen molar-refractivity contribution in [2.75, 3.05) is 13.1 Å². The van der Waals surface area contributed by atoms with Crippen LogP contribution >= 0.6 is 0 Å². The molecule has 1 atom stereocenters. The third kappa shape index (κ3) is 2.72. The first-order valence-corrected chi connectivity index (χ1v) is 5.76. The average molecular weight is 228 g/mol. The highest BCUT2D eigenvalue weighted by atomic mass is 16.4. The van der Waals surface area contributed by atoms with E-state index in [9.17, 15) is 9.59 Å². The first-order chi connectivity index (χ1) is 7.52. The van der Waals surface area contributed by atoms with E-state index in [1.165, 1.54) is 6.92 Å². The highest BCUT2D eigenvalue weighted by Crippen LogP contribution is 2.32. The van der Waals surface area contributed by atoms with Crippen LogP contribution in [0.1, 0.15) is 33.1 Å². The van der Waals surface area contributed by atoms with E-state index < -0.39 is 12.0 Å². The summed E-state index contributed by atoms with van der Waals surface area (Å²) in [6.07, 6.45) is 2.32. The van der Waals surface area contributed by atoms with E-state index in [4.69, 9.17) is 5.11 Å². The Kier molecular flexibility index (Phi) is 4.29. The molecule has 0 spiro atoms. The van der Waals surface area contributed by atoms with Gasteiger partial charge >= 0.3 is 5.97 Å². The number of carboxylic acids is 1. The van der Waals surface area contributed by atoms with E-state index in [1.807, 2.05) is 6.92 Å². The molecule has 0 radical (unpaired) electrons. The third-order valence-corrected chi connectivity index (χ3v) is 3.44. The quantitative estimate of drug-likeness (QED) is 0.649. The summed E-state index contributed by atoms with van der Waals surface area (Å²) in [5.41, 5.74) is -0.380. The summed E-state index contributed by atoms with van der Waals surface area (Å²) >= 11 is 0. The predicted molar refractivity (Wildman–Crippen MR) is 60.1 cm³/mol. The van der Waals surface area contributed by atoms with Crippen LogP contribution in [0.5, 0.6) is 0 Å². The minimum absolute atomic E-state index is 0.119. The Bertz CT molecular complexity index is 272. The Morgan fingerprint density at radius 1 is 1.44 bits per heavy atom. The molecule has 92 valence electrons. The molecule has 3 N–H and O–H groups in total. The molecule has 0 unspecified atom stereocenters. The van der Waals surface area contributed by atoms with Gasteiger partial charge in [0.15, 0.2) is 0 Å². The first-order valence-electron chi connectivity index (χ1n) is 5.76. The molecule has 1 aliphatic rings. The Hall–Kier alpha value is -1.10. The van der Waals surface area contributed by atoms with Gasteiger partial charge in [0.25, 0.3) is 0 Å². The molecule has 0 aromatic carbocycles. The van der Waals surface area contributed by atoms with Crippen molar-refractivity contribution in [3.05, 3.63) is 0 Å². The maximum atomic E-state index is 12.1. The van der Waals surface area contributed by atoms with Crippen LogP contribution in [0.3, 0.4) is 0 Å². The summed E-state index contributed by atoms with van der Waals surface area (Å²) in [4.78, 5) is 22.7. The lowest BCUT2D eigenvalue weighted by Gasteiger charge is -2.35. The number of hydrogen-bond donors (Lipinski definition) is 3. The zero-order valence-corrected chi connectivity index (χ0v) is 9.88. The number of carboxylic acid groups (broad SMARTS) is 1. The highest BCUT2D eigenvalue weighted by Gasteiger charge is 2.38. The van der Waals surface area contributed by atoms with Crippen LogP contribution in [0, 0.1) is 5.41 Å². The maximum Gasteiger partial charge on any atom is 0.325 e. The van der Waals surface area contributed by atoms with Crippen LogP contribution in [0.25, 0.3) is 0 Å². The molecule has 1 rings (SSSR count). The summed E-state index contributed by atoms with van der Waals surface area (Å²) in [5.74, 6) is -1.11. The van der Waals surface area contributed by atoms with Gasteiger partial charge in [-0.15, -0.1) is 0 Å². The van der Waals surface area contributed by atoms with Gasteiger partial charge in [-0.2, -0.15) is 0 Å². The summed E-state index contributed by atoms with van der Waals surface area (Å²) in [6.45, 7) is 5.12. The van der Waals surface area contributed by atoms with E-state index in [1.54, 1.807) is 0 Å². The number of hydrogen-bond acceptors (Lipinski definition) is 3. The minimum Gasteiger partial charge on any atom is -0.480 e. The number of amides is 1. The fourth-order valence-corrected chi connectivity index (χ4v) is 2.06. The zero-order valence-electron chi connectivity index (χ0n) is 9.88. The molecule has 1 fully saturated rings. The maximum absolute atomic E-state index is 12.1. The van der Waals surface area contributed by atoms with Crippen LogP contribution < -0.4 is 10.6 Å². The topological polar surface area (TPSA) is 78.4 Å². The smallest absolute Gasteiger partial charge is 0.325 e. The van der Waals surface area contributed by atoms with Gasteiger partial charge < -0.3 is 15.7 Å². The highest BCUT2D eigenvalue weighted by molar-refractivity contribution is 5.87. The van der Waals surface area contributed by atoms with Gasteiger partial charge in [0, 0.05) is 0 Å². The molecule has 1 saturated heterocycles. The normalized spacial score (nSPS) is 21.1. The van der Waals surface area contributed by atoms with Crippen molar-refractivity contribution in [3.8, 4) is 0 Å². The van der Waals surface area contributed by atoms with Crippen molar-refractivity contribution in [1.82, 2.24) is 10.6 Å². The largest absolute Gasteiger partial charge is 0.480 e. The molecular formula is C11H20N2O3. The monoisotopic (exact) mass is 228 g/mol. The molecule has 1 aliphatic heterocycles. The molecule has 0 aliphatic carbocycles. The third-order valence-electron chi connectivity index (χ3n) is 3.44. The molecule has 5 nitrogen and oxygen atoms in total. The fourth-order valence-electron chi connectivity index (χ4n) is 2.06. The number of aliphatic carboxylic acids is 1. The van der Waals surface area contributed by atoms with Gasteiger partial charge in [-0.05, 0) is 39.3 Å². The van der Waals surface area contributed by atoms with E-state index in [-0.39, 0.29) is 11.3 Å². The summed E-state index contributed by atoms with van der Waals surface area (Å²) < 4.78 is 0. The number of rotatable bonds is 4. The predicted octanol–water partition coefficient (Wildman–Crippen LogP) is 0.355. The van der Waals surface area contributed by atoms with Crippen LogP contribution in [0.15, 0.2) is 0 Å². The molecule has 0 aromatic rings. The Balaban J connectivity index is 2.65. The van der Waals surface area contributed by atoms with Gasteiger partial charge in [0.2, 0.25) is 5.91 Å². The van der Waals surface area contributed by atoms with Crippen LogP contribution in [-0.2, 0) is 9.59 Å². The lowest BCUT2D eigenvalue weighted by molar-refractivity contribution is -0.144. The van der Waals surface area contributed by atoms with Crippen molar-refractivity contribution in [2.45, 2.75) is 39.2 Å². The van der Waals surface area contributed by atoms with Gasteiger partial charge in [0.05, 0.1) is 5.41 Å². The minimum atomic E-state index is -0.992. The average Bonchev–Trinajstić information content (AvgIpc) is 2.29. The first kappa shape index (κ1) is 13.0. The van der Waals surface area contributed by atoms with Crippen molar-refractivity contribution in [2.24, 2.45) is 5.41 Å². The number of nitrogens with one attached hydrogen (secondary N) is 2. The molecule has 16 heavy (non-hydrogen) atoms. The van der Waals surface area contributed by atoms with Crippen LogP contribution in [-0.4, -0.2) is 36.1 Å². The van der Waals surface area contributed by atoms with E-state index in [0.717, 1.165) is 32.4 Å². The lowest BCUT2D eigenvalue weighted by Crippen LogP contribution is -2.51. The van der Waals surface area contributed by atoms with Crippen molar-refractivity contribution < 1.29 is 14.7 Å². The second kappa shape index (κ2) is 5.30. The second-order valence-corrected chi connectivity index (χ2v) is 4.42. The van der Waals surface area contributed by atoms with Gasteiger partial charge in [-0.3, -0.25) is 9.59 Å². The van der Waals surface area contributed by atoms with E-state index in [2.05, 4.69) is 10.6 Å². The van der Waals surface area contributed by atoms with E-state index in [0.29, 0.717) is 0 Å². The van der Waals surface area contributed by atoms with Gasteiger partial charge in [-0.1, -0.05) is 6.92 Å². The Labute approximate surface area is 95.6 Å². The summed E-state index contributed by atoms with van der Waals surface area (Å²) in [5, 5.41) is 14.5. The fraction of sp³-hybridized carbons (Fsp3) is 0.818. The Morgan fingerprint density at radius 2 is 2.00 bits per heavy atom. The van der Waals surface area contributed by atoms with Crippen molar-refractivity contribution in [3.63, 3.8) is 0 Å². The van der Waals surface area contributed by atoms with Gasteiger partial charge in [-0.25, -0.2) is 0 Å². The number of carbonyl (C=O) groups excluding carboxylic acids is 1. The molecule has 1 amide bonds. The lowest BCUT2D eigenvalue weighted by atomic mass is 9.75. The van der Waals surface area contributed by atoms with Gasteiger partial charge in [0.1, 0.15) is 6.04 Å².